The van der Waals surface area contributed by atoms with Gasteiger partial charge in [-0.3, -0.25) is 10.3 Å². The van der Waals surface area contributed by atoms with Gasteiger partial charge in [0.1, 0.15) is 5.82 Å². The smallest absolute Gasteiger partial charge is 0.196 e. The Bertz CT molecular complexity index is 841. The predicted molar refractivity (Wildman–Crippen MR) is 93.8 cm³/mol. The van der Waals surface area contributed by atoms with E-state index in [0.717, 1.165) is 27.7 Å². The molecule has 0 fully saturated rings. The highest BCUT2D eigenvalue weighted by Crippen LogP contribution is 2.36. The first-order valence-corrected chi connectivity index (χ1v) is 8.20. The fraction of sp³-hybridized carbons (Fsp3) is 0. The SMILES string of the molecule is Fc1ccc(C2=CN3C(c4ccc(Cl)cc4)=CSC3=NN2)cc1. The van der Waals surface area contributed by atoms with Crippen LogP contribution < -0.4 is 5.43 Å². The summed E-state index contributed by atoms with van der Waals surface area (Å²) in [5.41, 5.74) is 6.80. The van der Waals surface area contributed by atoms with Crippen molar-refractivity contribution >= 4 is 39.9 Å². The second-order valence-electron chi connectivity index (χ2n) is 5.05. The molecule has 0 aromatic heterocycles. The zero-order valence-corrected chi connectivity index (χ0v) is 13.4. The van der Waals surface area contributed by atoms with Gasteiger partial charge in [-0.2, -0.15) is 0 Å². The number of amidine groups is 1. The lowest BCUT2D eigenvalue weighted by Gasteiger charge is -2.24. The van der Waals surface area contributed by atoms with Crippen molar-refractivity contribution in [3.8, 4) is 0 Å². The van der Waals surface area contributed by atoms with Gasteiger partial charge in [0, 0.05) is 22.2 Å². The molecule has 0 radical (unpaired) electrons. The highest BCUT2D eigenvalue weighted by atomic mass is 35.5. The van der Waals surface area contributed by atoms with E-state index < -0.39 is 0 Å². The summed E-state index contributed by atoms with van der Waals surface area (Å²) in [5.74, 6) is -0.257. The molecular weight excluding hydrogens is 333 g/mol. The fourth-order valence-corrected chi connectivity index (χ4v) is 3.35. The summed E-state index contributed by atoms with van der Waals surface area (Å²) >= 11 is 7.50. The molecule has 4 rings (SSSR count). The van der Waals surface area contributed by atoms with Crippen LogP contribution in [-0.2, 0) is 0 Å². The number of hydrazone groups is 1. The molecule has 0 saturated heterocycles. The van der Waals surface area contributed by atoms with Gasteiger partial charge in [0.2, 0.25) is 0 Å². The van der Waals surface area contributed by atoms with Crippen LogP contribution in [0.3, 0.4) is 0 Å². The topological polar surface area (TPSA) is 27.6 Å². The molecule has 0 spiro atoms. The zero-order valence-electron chi connectivity index (χ0n) is 11.8. The lowest BCUT2D eigenvalue weighted by Crippen LogP contribution is -2.26. The summed E-state index contributed by atoms with van der Waals surface area (Å²) in [5, 5.41) is 7.98. The molecule has 2 heterocycles. The Morgan fingerprint density at radius 2 is 1.70 bits per heavy atom. The number of benzene rings is 2. The van der Waals surface area contributed by atoms with E-state index in [0.29, 0.717) is 5.02 Å². The van der Waals surface area contributed by atoms with Gasteiger partial charge >= 0.3 is 0 Å². The van der Waals surface area contributed by atoms with Crippen LogP contribution in [0.1, 0.15) is 11.1 Å². The molecule has 0 saturated carbocycles. The van der Waals surface area contributed by atoms with Gasteiger partial charge in [-0.1, -0.05) is 35.5 Å². The molecule has 2 aliphatic rings. The van der Waals surface area contributed by atoms with Crippen molar-refractivity contribution in [1.29, 1.82) is 0 Å². The molecule has 3 nitrogen and oxygen atoms in total. The summed E-state index contributed by atoms with van der Waals surface area (Å²) in [7, 11) is 0. The van der Waals surface area contributed by atoms with E-state index in [-0.39, 0.29) is 5.82 Å². The summed E-state index contributed by atoms with van der Waals surface area (Å²) in [6.07, 6.45) is 1.97. The molecule has 114 valence electrons. The number of fused-ring (bicyclic) bond motifs is 1. The van der Waals surface area contributed by atoms with Crippen LogP contribution >= 0.6 is 23.4 Å². The van der Waals surface area contributed by atoms with E-state index in [4.69, 9.17) is 11.6 Å². The Hall–Kier alpha value is -2.24. The van der Waals surface area contributed by atoms with Gasteiger partial charge in [0.15, 0.2) is 5.17 Å². The standard InChI is InChI=1S/C17H11ClFN3S/c18-13-5-1-12(2-6-13)16-10-23-17-21-20-15(9-22(16)17)11-3-7-14(19)8-4-11/h1-10,20H. The van der Waals surface area contributed by atoms with Gasteiger partial charge in [-0.05, 0) is 42.0 Å². The van der Waals surface area contributed by atoms with Gasteiger partial charge in [0.25, 0.3) is 0 Å². The summed E-state index contributed by atoms with van der Waals surface area (Å²) in [6, 6.07) is 14.0. The van der Waals surface area contributed by atoms with E-state index in [2.05, 4.69) is 10.5 Å². The minimum Gasteiger partial charge on any atom is -0.291 e. The number of thioether (sulfide) groups is 1. The van der Waals surface area contributed by atoms with Crippen LogP contribution in [0, 0.1) is 5.82 Å². The van der Waals surface area contributed by atoms with Crippen molar-refractivity contribution < 1.29 is 4.39 Å². The highest BCUT2D eigenvalue weighted by Gasteiger charge is 2.26. The molecule has 0 atom stereocenters. The highest BCUT2D eigenvalue weighted by molar-refractivity contribution is 8.16. The maximum atomic E-state index is 13.1. The molecule has 0 bridgehead atoms. The molecule has 23 heavy (non-hydrogen) atoms. The van der Waals surface area contributed by atoms with Crippen LogP contribution in [0.2, 0.25) is 5.02 Å². The van der Waals surface area contributed by atoms with Crippen molar-refractivity contribution in [2.45, 2.75) is 0 Å². The van der Waals surface area contributed by atoms with Crippen LogP contribution in [0.4, 0.5) is 4.39 Å². The first-order chi connectivity index (χ1) is 11.2. The third kappa shape index (κ3) is 2.73. The summed E-state index contributed by atoms with van der Waals surface area (Å²) < 4.78 is 13.1. The molecule has 2 aromatic rings. The second kappa shape index (κ2) is 5.76. The van der Waals surface area contributed by atoms with E-state index in [1.807, 2.05) is 40.8 Å². The lowest BCUT2D eigenvalue weighted by molar-refractivity contribution is 0.627. The van der Waals surface area contributed by atoms with E-state index in [1.54, 1.807) is 23.9 Å². The van der Waals surface area contributed by atoms with Gasteiger partial charge in [0.05, 0.1) is 11.4 Å². The normalized spacial score (nSPS) is 16.3. The molecule has 2 aromatic carbocycles. The number of hydrogen-bond donors (Lipinski definition) is 1. The maximum Gasteiger partial charge on any atom is 0.196 e. The molecule has 1 N–H and O–H groups in total. The average molecular weight is 344 g/mol. The Kier molecular flexibility index (Phi) is 3.59. The third-order valence-electron chi connectivity index (χ3n) is 3.57. The monoisotopic (exact) mass is 343 g/mol. The quantitative estimate of drug-likeness (QED) is 0.856. The van der Waals surface area contributed by atoms with Crippen LogP contribution in [0.5, 0.6) is 0 Å². The number of nitrogens with one attached hydrogen (secondary N) is 1. The molecule has 6 heteroatoms. The first kappa shape index (κ1) is 14.4. The molecule has 0 unspecified atom stereocenters. The predicted octanol–water partition coefficient (Wildman–Crippen LogP) is 4.70. The van der Waals surface area contributed by atoms with Crippen LogP contribution in [0.15, 0.2) is 65.2 Å². The second-order valence-corrected chi connectivity index (χ2v) is 6.33. The number of hydrogen-bond acceptors (Lipinski definition) is 4. The number of nitrogens with zero attached hydrogens (tertiary/aromatic N) is 2. The van der Waals surface area contributed by atoms with Gasteiger partial charge in [-0.25, -0.2) is 4.39 Å². The van der Waals surface area contributed by atoms with Crippen molar-refractivity contribution in [2.24, 2.45) is 5.10 Å². The number of rotatable bonds is 2. The van der Waals surface area contributed by atoms with E-state index in [1.165, 1.54) is 12.1 Å². The Labute approximate surface area is 142 Å². The zero-order chi connectivity index (χ0) is 15.8. The van der Waals surface area contributed by atoms with Crippen molar-refractivity contribution in [2.75, 3.05) is 0 Å². The molecule has 2 aliphatic heterocycles. The summed E-state index contributed by atoms with van der Waals surface area (Å²) in [6.45, 7) is 0. The average Bonchev–Trinajstić information content (AvgIpc) is 2.99. The van der Waals surface area contributed by atoms with Crippen molar-refractivity contribution in [3.63, 3.8) is 0 Å². The summed E-state index contributed by atoms with van der Waals surface area (Å²) in [4.78, 5) is 2.02. The van der Waals surface area contributed by atoms with Crippen LogP contribution in [-0.4, -0.2) is 10.1 Å². The Balaban J connectivity index is 1.68. The minimum atomic E-state index is -0.257. The molecule has 0 aliphatic carbocycles. The maximum absolute atomic E-state index is 13.1. The first-order valence-electron chi connectivity index (χ1n) is 6.94. The Morgan fingerprint density at radius 3 is 2.43 bits per heavy atom. The van der Waals surface area contributed by atoms with Crippen LogP contribution in [0.25, 0.3) is 11.4 Å². The van der Waals surface area contributed by atoms with E-state index >= 15 is 0 Å². The van der Waals surface area contributed by atoms with Gasteiger partial charge < -0.3 is 0 Å². The van der Waals surface area contributed by atoms with E-state index in [9.17, 15) is 4.39 Å². The molecule has 0 amide bonds. The van der Waals surface area contributed by atoms with Crippen molar-refractivity contribution in [1.82, 2.24) is 10.3 Å². The van der Waals surface area contributed by atoms with Gasteiger partial charge in [-0.15, -0.1) is 5.10 Å². The third-order valence-corrected chi connectivity index (χ3v) is 4.66. The Morgan fingerprint density at radius 1 is 1.00 bits per heavy atom. The molecular formula is C17H11ClFN3S. The minimum absolute atomic E-state index is 0.257. The largest absolute Gasteiger partial charge is 0.291 e. The fourth-order valence-electron chi connectivity index (χ4n) is 2.39. The van der Waals surface area contributed by atoms with Crippen molar-refractivity contribution in [3.05, 3.63) is 82.1 Å². The number of halogens is 2. The lowest BCUT2D eigenvalue weighted by atomic mass is 10.1.